The molecule has 1 aromatic rings. The topological polar surface area (TPSA) is 44.4 Å². The first-order valence-corrected chi connectivity index (χ1v) is 7.40. The van der Waals surface area contributed by atoms with Crippen molar-refractivity contribution < 1.29 is 4.79 Å². The molecular weight excluding hydrogens is 306 g/mol. The maximum absolute atomic E-state index is 11.4. The van der Waals surface area contributed by atoms with Gasteiger partial charge in [-0.2, -0.15) is 0 Å². The molecule has 4 nitrogen and oxygen atoms in total. The Balaban J connectivity index is 1.81. The number of nitrogens with one attached hydrogen (secondary N) is 2. The molecule has 0 aromatic heterocycles. The van der Waals surface area contributed by atoms with Gasteiger partial charge in [-0.05, 0) is 37.6 Å². The summed E-state index contributed by atoms with van der Waals surface area (Å²) in [6, 6.07) is 8.37. The normalized spacial score (nSPS) is 18.6. The fourth-order valence-electron chi connectivity index (χ4n) is 2.39. The van der Waals surface area contributed by atoms with Gasteiger partial charge in [0.1, 0.15) is 0 Å². The molecule has 1 heterocycles. The summed E-state index contributed by atoms with van der Waals surface area (Å²) in [5, 5.41) is 5.83. The molecule has 5 heteroatoms. The van der Waals surface area contributed by atoms with Gasteiger partial charge in [-0.1, -0.05) is 22.0 Å². The van der Waals surface area contributed by atoms with Crippen LogP contribution < -0.4 is 15.5 Å². The zero-order valence-electron chi connectivity index (χ0n) is 11.2. The number of hydrogen-bond acceptors (Lipinski definition) is 3. The van der Waals surface area contributed by atoms with E-state index in [9.17, 15) is 4.79 Å². The van der Waals surface area contributed by atoms with E-state index in [2.05, 4.69) is 49.7 Å². The number of amides is 1. The standard InChI is InChI=1S/C14H20BrN3O/c1-16-9-14(19)17-8-11-5-6-18(10-11)13-4-2-3-12(15)7-13/h2-4,7,11,16H,5-6,8-10H2,1H3,(H,17,19). The van der Waals surface area contributed by atoms with Crippen molar-refractivity contribution in [3.8, 4) is 0 Å². The number of halogens is 1. The van der Waals surface area contributed by atoms with Gasteiger partial charge < -0.3 is 15.5 Å². The van der Waals surface area contributed by atoms with Crippen molar-refractivity contribution in [3.63, 3.8) is 0 Å². The Labute approximate surface area is 122 Å². The van der Waals surface area contributed by atoms with Gasteiger partial charge in [-0.25, -0.2) is 0 Å². The second kappa shape index (κ2) is 6.91. The monoisotopic (exact) mass is 325 g/mol. The van der Waals surface area contributed by atoms with E-state index in [0.29, 0.717) is 12.5 Å². The summed E-state index contributed by atoms with van der Waals surface area (Å²) in [5.41, 5.74) is 1.25. The lowest BCUT2D eigenvalue weighted by molar-refractivity contribution is -0.120. The molecule has 1 aromatic carbocycles. The molecule has 1 aliphatic rings. The zero-order chi connectivity index (χ0) is 13.7. The van der Waals surface area contributed by atoms with Crippen molar-refractivity contribution in [1.29, 1.82) is 0 Å². The van der Waals surface area contributed by atoms with Gasteiger partial charge in [0, 0.05) is 29.8 Å². The van der Waals surface area contributed by atoms with Gasteiger partial charge in [0.25, 0.3) is 0 Å². The molecule has 0 aliphatic carbocycles. The number of rotatable bonds is 5. The summed E-state index contributed by atoms with van der Waals surface area (Å²) in [5.74, 6) is 0.614. The van der Waals surface area contributed by atoms with Gasteiger partial charge in [0.05, 0.1) is 6.54 Å². The minimum absolute atomic E-state index is 0.0726. The molecule has 1 amide bonds. The van der Waals surface area contributed by atoms with Crippen LogP contribution in [0.5, 0.6) is 0 Å². The summed E-state index contributed by atoms with van der Waals surface area (Å²) in [4.78, 5) is 13.8. The van der Waals surface area contributed by atoms with Crippen LogP contribution in [0.25, 0.3) is 0 Å². The lowest BCUT2D eigenvalue weighted by Gasteiger charge is -2.19. The number of nitrogens with zero attached hydrogens (tertiary/aromatic N) is 1. The fourth-order valence-corrected chi connectivity index (χ4v) is 2.77. The highest BCUT2D eigenvalue weighted by Gasteiger charge is 2.22. The first kappa shape index (κ1) is 14.3. The molecule has 2 rings (SSSR count). The van der Waals surface area contributed by atoms with Crippen LogP contribution >= 0.6 is 15.9 Å². The summed E-state index contributed by atoms with van der Waals surface area (Å²) in [6.45, 7) is 3.23. The number of benzene rings is 1. The molecule has 19 heavy (non-hydrogen) atoms. The first-order chi connectivity index (χ1) is 9.19. The van der Waals surface area contributed by atoms with E-state index in [-0.39, 0.29) is 5.91 Å². The predicted octanol–water partition coefficient (Wildman–Crippen LogP) is 1.61. The van der Waals surface area contributed by atoms with Crippen molar-refractivity contribution in [2.75, 3.05) is 38.1 Å². The summed E-state index contributed by atoms with van der Waals surface area (Å²) in [6.07, 6.45) is 1.13. The molecule has 1 saturated heterocycles. The molecule has 0 bridgehead atoms. The van der Waals surface area contributed by atoms with E-state index in [0.717, 1.165) is 30.5 Å². The second-order valence-corrected chi connectivity index (χ2v) is 5.83. The van der Waals surface area contributed by atoms with Crippen LogP contribution in [0.3, 0.4) is 0 Å². The molecule has 104 valence electrons. The van der Waals surface area contributed by atoms with Gasteiger partial charge >= 0.3 is 0 Å². The molecule has 0 spiro atoms. The Morgan fingerprint density at radius 3 is 3.11 bits per heavy atom. The average Bonchev–Trinajstić information content (AvgIpc) is 2.85. The van der Waals surface area contributed by atoms with Crippen LogP contribution in [0.4, 0.5) is 5.69 Å². The minimum atomic E-state index is 0.0726. The fraction of sp³-hybridized carbons (Fsp3) is 0.500. The SMILES string of the molecule is CNCC(=O)NCC1CCN(c2cccc(Br)c2)C1. The van der Waals surface area contributed by atoms with Crippen LogP contribution in [-0.4, -0.2) is 39.1 Å². The van der Waals surface area contributed by atoms with Gasteiger partial charge in [-0.3, -0.25) is 4.79 Å². The quantitative estimate of drug-likeness (QED) is 0.864. The second-order valence-electron chi connectivity index (χ2n) is 4.91. The zero-order valence-corrected chi connectivity index (χ0v) is 12.7. The van der Waals surface area contributed by atoms with Crippen LogP contribution in [-0.2, 0) is 4.79 Å². The van der Waals surface area contributed by atoms with E-state index in [1.807, 2.05) is 6.07 Å². The summed E-state index contributed by atoms with van der Waals surface area (Å²) < 4.78 is 1.11. The molecule has 0 saturated carbocycles. The molecular formula is C14H20BrN3O. The lowest BCUT2D eigenvalue weighted by atomic mass is 10.1. The number of hydrogen-bond donors (Lipinski definition) is 2. The van der Waals surface area contributed by atoms with E-state index in [4.69, 9.17) is 0 Å². The predicted molar refractivity (Wildman–Crippen MR) is 81.4 cm³/mol. The minimum Gasteiger partial charge on any atom is -0.371 e. The largest absolute Gasteiger partial charge is 0.371 e. The van der Waals surface area contributed by atoms with E-state index < -0.39 is 0 Å². The van der Waals surface area contributed by atoms with Crippen molar-refractivity contribution in [2.24, 2.45) is 5.92 Å². The number of anilines is 1. The number of carbonyl (C=O) groups is 1. The smallest absolute Gasteiger partial charge is 0.233 e. The van der Waals surface area contributed by atoms with Crippen molar-refractivity contribution >= 4 is 27.5 Å². The average molecular weight is 326 g/mol. The van der Waals surface area contributed by atoms with Crippen molar-refractivity contribution in [3.05, 3.63) is 28.7 Å². The number of likely N-dealkylation sites (N-methyl/N-ethyl adjacent to an activating group) is 1. The van der Waals surface area contributed by atoms with E-state index in [1.165, 1.54) is 5.69 Å². The van der Waals surface area contributed by atoms with Crippen LogP contribution in [0.2, 0.25) is 0 Å². The third-order valence-electron chi connectivity index (χ3n) is 3.38. The maximum atomic E-state index is 11.4. The lowest BCUT2D eigenvalue weighted by Crippen LogP contribution is -2.36. The maximum Gasteiger partial charge on any atom is 0.233 e. The van der Waals surface area contributed by atoms with Crippen LogP contribution in [0.1, 0.15) is 6.42 Å². The summed E-state index contributed by atoms with van der Waals surface area (Å²) >= 11 is 3.50. The van der Waals surface area contributed by atoms with Crippen molar-refractivity contribution in [1.82, 2.24) is 10.6 Å². The van der Waals surface area contributed by atoms with Gasteiger partial charge in [0.15, 0.2) is 0 Å². The van der Waals surface area contributed by atoms with E-state index >= 15 is 0 Å². The third kappa shape index (κ3) is 4.21. The Morgan fingerprint density at radius 2 is 2.37 bits per heavy atom. The Morgan fingerprint density at radius 1 is 1.53 bits per heavy atom. The Bertz CT molecular complexity index is 438. The number of carbonyl (C=O) groups excluding carboxylic acids is 1. The van der Waals surface area contributed by atoms with Gasteiger partial charge in [-0.15, -0.1) is 0 Å². The highest BCUT2D eigenvalue weighted by atomic mass is 79.9. The van der Waals surface area contributed by atoms with Crippen LogP contribution in [0, 0.1) is 5.92 Å². The van der Waals surface area contributed by atoms with Crippen LogP contribution in [0.15, 0.2) is 28.7 Å². The van der Waals surface area contributed by atoms with Gasteiger partial charge in [0.2, 0.25) is 5.91 Å². The molecule has 1 aliphatic heterocycles. The first-order valence-electron chi connectivity index (χ1n) is 6.61. The van der Waals surface area contributed by atoms with Crippen molar-refractivity contribution in [2.45, 2.75) is 6.42 Å². The van der Waals surface area contributed by atoms with E-state index in [1.54, 1.807) is 7.05 Å². The Hall–Kier alpha value is -1.07. The Kier molecular flexibility index (Phi) is 5.22. The molecule has 1 unspecified atom stereocenters. The highest BCUT2D eigenvalue weighted by Crippen LogP contribution is 2.25. The highest BCUT2D eigenvalue weighted by molar-refractivity contribution is 9.10. The molecule has 0 radical (unpaired) electrons. The molecule has 1 fully saturated rings. The summed E-state index contributed by atoms with van der Waals surface area (Å²) in [7, 11) is 1.78. The third-order valence-corrected chi connectivity index (χ3v) is 3.88. The molecule has 2 N–H and O–H groups in total. The molecule has 1 atom stereocenters.